The number of halogens is 2. The zero-order valence-electron chi connectivity index (χ0n) is 11.5. The van der Waals surface area contributed by atoms with Crippen LogP contribution < -0.4 is 5.32 Å². The van der Waals surface area contributed by atoms with Gasteiger partial charge in [0.15, 0.2) is 0 Å². The Hall–Kier alpha value is -1.52. The standard InChI is InChI=1S/C16H15ClFNOS/c1-11(12-2-6-14(18)7-3-12)19-16(20)10-21-15-8-4-13(17)5-9-15/h2-9,11H,10H2,1H3,(H,19,20)/t11-/m1/s1. The van der Waals surface area contributed by atoms with Crippen LogP contribution in [0.15, 0.2) is 53.4 Å². The fraction of sp³-hybridized carbons (Fsp3) is 0.188. The van der Waals surface area contributed by atoms with Crippen LogP contribution in [0.2, 0.25) is 5.02 Å². The minimum Gasteiger partial charge on any atom is -0.349 e. The first-order valence-corrected chi connectivity index (χ1v) is 7.84. The fourth-order valence-electron chi connectivity index (χ4n) is 1.80. The molecule has 0 unspecified atom stereocenters. The molecule has 0 aliphatic carbocycles. The van der Waals surface area contributed by atoms with Gasteiger partial charge in [-0.25, -0.2) is 4.39 Å². The van der Waals surface area contributed by atoms with Crippen molar-refractivity contribution in [2.75, 3.05) is 5.75 Å². The van der Waals surface area contributed by atoms with E-state index in [0.29, 0.717) is 10.8 Å². The van der Waals surface area contributed by atoms with Gasteiger partial charge in [0.2, 0.25) is 5.91 Å². The molecule has 5 heteroatoms. The van der Waals surface area contributed by atoms with E-state index >= 15 is 0 Å². The largest absolute Gasteiger partial charge is 0.349 e. The van der Waals surface area contributed by atoms with Crippen LogP contribution in [0.1, 0.15) is 18.5 Å². The highest BCUT2D eigenvalue weighted by Crippen LogP contribution is 2.20. The number of rotatable bonds is 5. The van der Waals surface area contributed by atoms with E-state index in [1.54, 1.807) is 24.3 Å². The SMILES string of the molecule is C[C@@H](NC(=O)CSc1ccc(Cl)cc1)c1ccc(F)cc1. The quantitative estimate of drug-likeness (QED) is 0.824. The highest BCUT2D eigenvalue weighted by Gasteiger charge is 2.10. The van der Waals surface area contributed by atoms with Crippen molar-refractivity contribution < 1.29 is 9.18 Å². The molecule has 0 heterocycles. The fourth-order valence-corrected chi connectivity index (χ4v) is 2.63. The van der Waals surface area contributed by atoms with Gasteiger partial charge >= 0.3 is 0 Å². The van der Waals surface area contributed by atoms with Gasteiger partial charge in [-0.2, -0.15) is 0 Å². The van der Waals surface area contributed by atoms with Crippen LogP contribution in [0.25, 0.3) is 0 Å². The molecule has 1 N–H and O–H groups in total. The van der Waals surface area contributed by atoms with Crippen LogP contribution in [0.4, 0.5) is 4.39 Å². The summed E-state index contributed by atoms with van der Waals surface area (Å²) in [5.41, 5.74) is 0.876. The highest BCUT2D eigenvalue weighted by molar-refractivity contribution is 8.00. The monoisotopic (exact) mass is 323 g/mol. The van der Waals surface area contributed by atoms with E-state index in [9.17, 15) is 9.18 Å². The Morgan fingerprint density at radius 2 is 1.81 bits per heavy atom. The summed E-state index contributed by atoms with van der Waals surface area (Å²) in [5.74, 6) is -0.0185. The molecular weight excluding hydrogens is 309 g/mol. The Morgan fingerprint density at radius 3 is 2.43 bits per heavy atom. The van der Waals surface area contributed by atoms with E-state index in [1.165, 1.54) is 23.9 Å². The molecule has 0 aliphatic rings. The molecule has 110 valence electrons. The first kappa shape index (κ1) is 15.9. The van der Waals surface area contributed by atoms with E-state index < -0.39 is 0 Å². The molecule has 0 bridgehead atoms. The highest BCUT2D eigenvalue weighted by atomic mass is 35.5. The summed E-state index contributed by atoms with van der Waals surface area (Å²) >= 11 is 7.25. The molecule has 0 aliphatic heterocycles. The van der Waals surface area contributed by atoms with Gasteiger partial charge in [0.05, 0.1) is 11.8 Å². The number of benzene rings is 2. The van der Waals surface area contributed by atoms with Crippen LogP contribution in [0.5, 0.6) is 0 Å². The second kappa shape index (κ2) is 7.48. The van der Waals surface area contributed by atoms with E-state index in [2.05, 4.69) is 5.32 Å². The third kappa shape index (κ3) is 5.06. The van der Waals surface area contributed by atoms with Crippen molar-refractivity contribution in [2.45, 2.75) is 17.9 Å². The molecule has 0 fully saturated rings. The van der Waals surface area contributed by atoms with Crippen molar-refractivity contribution >= 4 is 29.3 Å². The summed E-state index contributed by atoms with van der Waals surface area (Å²) in [5, 5.41) is 3.56. The Balaban J connectivity index is 1.83. The Labute approximate surface area is 132 Å². The third-order valence-electron chi connectivity index (χ3n) is 2.93. The van der Waals surface area contributed by atoms with E-state index in [4.69, 9.17) is 11.6 Å². The molecule has 2 aromatic carbocycles. The molecule has 21 heavy (non-hydrogen) atoms. The smallest absolute Gasteiger partial charge is 0.230 e. The maximum absolute atomic E-state index is 12.8. The molecule has 2 nitrogen and oxygen atoms in total. The molecule has 0 aromatic heterocycles. The van der Waals surface area contributed by atoms with Crippen LogP contribution in [-0.2, 0) is 4.79 Å². The van der Waals surface area contributed by atoms with Gasteiger partial charge in [-0.3, -0.25) is 4.79 Å². The predicted octanol–water partition coefficient (Wildman–Crippen LogP) is 4.45. The predicted molar refractivity (Wildman–Crippen MR) is 85.1 cm³/mol. The van der Waals surface area contributed by atoms with Gasteiger partial charge < -0.3 is 5.32 Å². The van der Waals surface area contributed by atoms with Crippen molar-refractivity contribution in [3.8, 4) is 0 Å². The average molecular weight is 324 g/mol. The van der Waals surface area contributed by atoms with Crippen molar-refractivity contribution in [1.29, 1.82) is 0 Å². The number of nitrogens with one attached hydrogen (secondary N) is 1. The van der Waals surface area contributed by atoms with Gasteiger partial charge in [0.1, 0.15) is 5.82 Å². The lowest BCUT2D eigenvalue weighted by Crippen LogP contribution is -2.28. The number of thioether (sulfide) groups is 1. The second-order valence-electron chi connectivity index (χ2n) is 4.58. The van der Waals surface area contributed by atoms with Crippen LogP contribution >= 0.6 is 23.4 Å². The van der Waals surface area contributed by atoms with E-state index in [-0.39, 0.29) is 17.8 Å². The van der Waals surface area contributed by atoms with Crippen LogP contribution in [0, 0.1) is 5.82 Å². The van der Waals surface area contributed by atoms with Crippen LogP contribution in [0.3, 0.4) is 0 Å². The summed E-state index contributed by atoms with van der Waals surface area (Å²) in [7, 11) is 0. The Bertz CT molecular complexity index is 601. The van der Waals surface area contributed by atoms with E-state index in [0.717, 1.165) is 10.5 Å². The Kier molecular flexibility index (Phi) is 5.65. The molecule has 0 spiro atoms. The lowest BCUT2D eigenvalue weighted by atomic mass is 10.1. The number of amides is 1. The maximum Gasteiger partial charge on any atom is 0.230 e. The van der Waals surface area contributed by atoms with Gasteiger partial charge in [0, 0.05) is 9.92 Å². The van der Waals surface area contributed by atoms with Gasteiger partial charge in [-0.1, -0.05) is 23.7 Å². The van der Waals surface area contributed by atoms with Gasteiger partial charge in [-0.05, 0) is 48.9 Å². The second-order valence-corrected chi connectivity index (χ2v) is 6.07. The summed E-state index contributed by atoms with van der Waals surface area (Å²) in [6.07, 6.45) is 0. The summed E-state index contributed by atoms with van der Waals surface area (Å²) in [4.78, 5) is 12.9. The molecule has 0 radical (unpaired) electrons. The van der Waals surface area contributed by atoms with Crippen molar-refractivity contribution in [3.05, 3.63) is 64.9 Å². The van der Waals surface area contributed by atoms with Gasteiger partial charge in [0.25, 0.3) is 0 Å². The summed E-state index contributed by atoms with van der Waals surface area (Å²) in [6, 6.07) is 13.3. The first-order valence-electron chi connectivity index (χ1n) is 6.48. The number of carbonyl (C=O) groups excluding carboxylic acids is 1. The van der Waals surface area contributed by atoms with Gasteiger partial charge in [-0.15, -0.1) is 11.8 Å². The molecule has 0 saturated carbocycles. The van der Waals surface area contributed by atoms with Crippen molar-refractivity contribution in [3.63, 3.8) is 0 Å². The lowest BCUT2D eigenvalue weighted by Gasteiger charge is -2.14. The lowest BCUT2D eigenvalue weighted by molar-refractivity contribution is -0.119. The third-order valence-corrected chi connectivity index (χ3v) is 4.20. The van der Waals surface area contributed by atoms with Crippen molar-refractivity contribution in [2.24, 2.45) is 0 Å². The average Bonchev–Trinajstić information content (AvgIpc) is 2.47. The minimum absolute atomic E-state index is 0.0632. The number of hydrogen-bond acceptors (Lipinski definition) is 2. The Morgan fingerprint density at radius 1 is 1.19 bits per heavy atom. The van der Waals surface area contributed by atoms with Crippen molar-refractivity contribution in [1.82, 2.24) is 5.32 Å². The molecule has 1 atom stereocenters. The molecular formula is C16H15ClFNOS. The first-order chi connectivity index (χ1) is 10.0. The minimum atomic E-state index is -0.282. The zero-order valence-corrected chi connectivity index (χ0v) is 13.0. The number of hydrogen-bond donors (Lipinski definition) is 1. The molecule has 0 saturated heterocycles. The zero-order chi connectivity index (χ0) is 15.2. The summed E-state index contributed by atoms with van der Waals surface area (Å²) in [6.45, 7) is 1.87. The molecule has 2 aromatic rings. The topological polar surface area (TPSA) is 29.1 Å². The normalized spacial score (nSPS) is 12.0. The maximum atomic E-state index is 12.8. The molecule has 1 amide bonds. The molecule has 2 rings (SSSR count). The van der Waals surface area contributed by atoms with E-state index in [1.807, 2.05) is 19.1 Å². The van der Waals surface area contributed by atoms with Crippen LogP contribution in [-0.4, -0.2) is 11.7 Å². The number of carbonyl (C=O) groups is 1. The summed E-state index contributed by atoms with van der Waals surface area (Å²) < 4.78 is 12.8.